The maximum Gasteiger partial charge on any atom is 0.277 e. The second-order valence-corrected chi connectivity index (χ2v) is 4.61. The van der Waals surface area contributed by atoms with Crippen LogP contribution in [0, 0.1) is 10.1 Å². The summed E-state index contributed by atoms with van der Waals surface area (Å²) in [6.45, 7) is 0.600. The van der Waals surface area contributed by atoms with Gasteiger partial charge in [0.05, 0.1) is 16.9 Å². The van der Waals surface area contributed by atoms with Gasteiger partial charge in [0.15, 0.2) is 0 Å². The fourth-order valence-electron chi connectivity index (χ4n) is 1.94. The standard InChI is InChI=1S/C14H15NO3S/c16-15(17)13-7-8-14(18-9-3-4-10-19)12-6-2-1-5-11(12)13/h1-2,5-8,19H,3-4,9-10H2. The summed E-state index contributed by atoms with van der Waals surface area (Å²) in [7, 11) is 0. The van der Waals surface area contributed by atoms with Gasteiger partial charge in [0.25, 0.3) is 5.69 Å². The first kappa shape index (κ1) is 13.7. The van der Waals surface area contributed by atoms with Crippen molar-refractivity contribution >= 4 is 29.1 Å². The molecule has 0 aliphatic rings. The lowest BCUT2D eigenvalue weighted by Crippen LogP contribution is -1.99. The van der Waals surface area contributed by atoms with E-state index in [0.717, 1.165) is 24.0 Å². The number of hydrogen-bond acceptors (Lipinski definition) is 4. The minimum absolute atomic E-state index is 0.110. The number of rotatable bonds is 6. The van der Waals surface area contributed by atoms with Crippen molar-refractivity contribution in [3.8, 4) is 5.75 Å². The van der Waals surface area contributed by atoms with Gasteiger partial charge in [-0.2, -0.15) is 12.6 Å². The van der Waals surface area contributed by atoms with E-state index in [9.17, 15) is 10.1 Å². The van der Waals surface area contributed by atoms with Crippen molar-refractivity contribution in [3.63, 3.8) is 0 Å². The number of unbranched alkanes of at least 4 members (excludes halogenated alkanes) is 1. The lowest BCUT2D eigenvalue weighted by atomic mass is 10.1. The van der Waals surface area contributed by atoms with Crippen LogP contribution in [0.25, 0.3) is 10.8 Å². The zero-order chi connectivity index (χ0) is 13.7. The smallest absolute Gasteiger partial charge is 0.277 e. The molecule has 0 amide bonds. The molecule has 2 rings (SSSR count). The number of thiol groups is 1. The molecule has 0 saturated heterocycles. The third kappa shape index (κ3) is 3.17. The number of nitrogens with zero attached hydrogens (tertiary/aromatic N) is 1. The van der Waals surface area contributed by atoms with Crippen molar-refractivity contribution in [1.29, 1.82) is 0 Å². The number of non-ortho nitro benzene ring substituents is 1. The fraction of sp³-hybridized carbons (Fsp3) is 0.286. The van der Waals surface area contributed by atoms with E-state index in [2.05, 4.69) is 12.6 Å². The maximum atomic E-state index is 11.0. The van der Waals surface area contributed by atoms with Gasteiger partial charge in [-0.05, 0) is 30.7 Å². The lowest BCUT2D eigenvalue weighted by molar-refractivity contribution is -0.383. The first-order valence-electron chi connectivity index (χ1n) is 6.14. The minimum atomic E-state index is -0.368. The predicted octanol–water partition coefficient (Wildman–Crippen LogP) is 3.84. The van der Waals surface area contributed by atoms with E-state index in [-0.39, 0.29) is 10.6 Å². The van der Waals surface area contributed by atoms with Crippen LogP contribution in [0.4, 0.5) is 5.69 Å². The third-order valence-corrected chi connectivity index (χ3v) is 3.18. The Balaban J connectivity index is 2.30. The number of hydrogen-bond donors (Lipinski definition) is 1. The van der Waals surface area contributed by atoms with Gasteiger partial charge in [0.1, 0.15) is 5.75 Å². The lowest BCUT2D eigenvalue weighted by Gasteiger charge is -2.09. The Hall–Kier alpha value is -1.75. The van der Waals surface area contributed by atoms with E-state index in [1.807, 2.05) is 12.1 Å². The van der Waals surface area contributed by atoms with Crippen molar-refractivity contribution < 1.29 is 9.66 Å². The van der Waals surface area contributed by atoms with E-state index < -0.39 is 0 Å². The summed E-state index contributed by atoms with van der Waals surface area (Å²) >= 11 is 4.15. The second kappa shape index (κ2) is 6.43. The molecule has 0 unspecified atom stereocenters. The Kier molecular flexibility index (Phi) is 4.63. The highest BCUT2D eigenvalue weighted by atomic mass is 32.1. The molecular formula is C14H15NO3S. The quantitative estimate of drug-likeness (QED) is 0.378. The van der Waals surface area contributed by atoms with Gasteiger partial charge in [-0.25, -0.2) is 0 Å². The largest absolute Gasteiger partial charge is 0.493 e. The molecule has 0 atom stereocenters. The molecule has 0 aliphatic carbocycles. The van der Waals surface area contributed by atoms with E-state index in [0.29, 0.717) is 17.7 Å². The molecule has 0 aliphatic heterocycles. The molecule has 2 aromatic carbocycles. The zero-order valence-corrected chi connectivity index (χ0v) is 11.3. The number of nitro benzene ring substituents is 1. The van der Waals surface area contributed by atoms with E-state index in [4.69, 9.17) is 4.74 Å². The normalized spacial score (nSPS) is 10.6. The monoisotopic (exact) mass is 277 g/mol. The van der Waals surface area contributed by atoms with Crippen LogP contribution in [0.5, 0.6) is 5.75 Å². The van der Waals surface area contributed by atoms with Crippen molar-refractivity contribution in [2.24, 2.45) is 0 Å². The number of benzene rings is 2. The molecule has 4 nitrogen and oxygen atoms in total. The van der Waals surface area contributed by atoms with Crippen LogP contribution in [0.2, 0.25) is 0 Å². The van der Waals surface area contributed by atoms with Gasteiger partial charge in [0, 0.05) is 11.5 Å². The minimum Gasteiger partial charge on any atom is -0.493 e. The van der Waals surface area contributed by atoms with Crippen LogP contribution >= 0.6 is 12.6 Å². The van der Waals surface area contributed by atoms with Crippen LogP contribution in [-0.2, 0) is 0 Å². The van der Waals surface area contributed by atoms with Crippen LogP contribution in [0.3, 0.4) is 0 Å². The van der Waals surface area contributed by atoms with Gasteiger partial charge >= 0.3 is 0 Å². The average molecular weight is 277 g/mol. The molecule has 0 spiro atoms. The molecule has 0 heterocycles. The third-order valence-electron chi connectivity index (χ3n) is 2.87. The number of ether oxygens (including phenoxy) is 1. The first-order chi connectivity index (χ1) is 9.24. The van der Waals surface area contributed by atoms with E-state index in [1.54, 1.807) is 18.2 Å². The first-order valence-corrected chi connectivity index (χ1v) is 6.77. The van der Waals surface area contributed by atoms with Crippen molar-refractivity contribution in [3.05, 3.63) is 46.5 Å². The summed E-state index contributed by atoms with van der Waals surface area (Å²) < 4.78 is 5.70. The molecule has 0 radical (unpaired) electrons. The Morgan fingerprint density at radius 2 is 1.84 bits per heavy atom. The SMILES string of the molecule is O=[N+]([O-])c1ccc(OCCCCS)c2ccccc12. The summed E-state index contributed by atoms with van der Waals surface area (Å²) in [5.74, 6) is 1.53. The highest BCUT2D eigenvalue weighted by Crippen LogP contribution is 2.32. The molecule has 0 fully saturated rings. The second-order valence-electron chi connectivity index (χ2n) is 4.16. The van der Waals surface area contributed by atoms with Crippen LogP contribution < -0.4 is 4.74 Å². The van der Waals surface area contributed by atoms with Crippen LogP contribution in [0.15, 0.2) is 36.4 Å². The fourth-order valence-corrected chi connectivity index (χ4v) is 2.16. The predicted molar refractivity (Wildman–Crippen MR) is 79.2 cm³/mol. The van der Waals surface area contributed by atoms with Gasteiger partial charge < -0.3 is 4.74 Å². The summed E-state index contributed by atoms with van der Waals surface area (Å²) in [5, 5.41) is 12.4. The Bertz CT molecular complexity index is 586. The van der Waals surface area contributed by atoms with Gasteiger partial charge in [-0.15, -0.1) is 0 Å². The van der Waals surface area contributed by atoms with Crippen LogP contribution in [0.1, 0.15) is 12.8 Å². The van der Waals surface area contributed by atoms with Crippen molar-refractivity contribution in [2.75, 3.05) is 12.4 Å². The summed E-state index contributed by atoms with van der Waals surface area (Å²) in [6.07, 6.45) is 1.92. The van der Waals surface area contributed by atoms with Crippen molar-refractivity contribution in [2.45, 2.75) is 12.8 Å². The molecule has 5 heteroatoms. The Labute approximate surface area is 116 Å². The van der Waals surface area contributed by atoms with Gasteiger partial charge in [0.2, 0.25) is 0 Å². The summed E-state index contributed by atoms with van der Waals surface area (Å²) in [6, 6.07) is 10.4. The Morgan fingerprint density at radius 3 is 2.53 bits per heavy atom. The highest BCUT2D eigenvalue weighted by molar-refractivity contribution is 7.80. The van der Waals surface area contributed by atoms with Crippen LogP contribution in [-0.4, -0.2) is 17.3 Å². The molecule has 100 valence electrons. The molecule has 19 heavy (non-hydrogen) atoms. The van der Waals surface area contributed by atoms with E-state index in [1.165, 1.54) is 6.07 Å². The topological polar surface area (TPSA) is 52.4 Å². The molecule has 0 saturated carbocycles. The molecule has 0 aromatic heterocycles. The van der Waals surface area contributed by atoms with Crippen molar-refractivity contribution in [1.82, 2.24) is 0 Å². The zero-order valence-electron chi connectivity index (χ0n) is 10.4. The molecular weight excluding hydrogens is 262 g/mol. The average Bonchev–Trinajstić information content (AvgIpc) is 2.43. The summed E-state index contributed by atoms with van der Waals surface area (Å²) in [4.78, 5) is 10.6. The van der Waals surface area contributed by atoms with Gasteiger partial charge in [-0.3, -0.25) is 10.1 Å². The maximum absolute atomic E-state index is 11.0. The number of fused-ring (bicyclic) bond motifs is 1. The molecule has 0 bridgehead atoms. The molecule has 2 aromatic rings. The van der Waals surface area contributed by atoms with E-state index >= 15 is 0 Å². The Morgan fingerprint density at radius 1 is 1.11 bits per heavy atom. The highest BCUT2D eigenvalue weighted by Gasteiger charge is 2.14. The number of nitro groups is 1. The summed E-state index contributed by atoms with van der Waals surface area (Å²) in [5.41, 5.74) is 0.110. The molecule has 0 N–H and O–H groups in total. The van der Waals surface area contributed by atoms with Gasteiger partial charge in [-0.1, -0.05) is 18.2 Å².